The highest BCUT2D eigenvalue weighted by Crippen LogP contribution is 2.22. The SMILES string of the molecule is CC(=O)c1cc(F)ccc1OCc1cc(C)ccc1C. The van der Waals surface area contributed by atoms with Gasteiger partial charge in [0.2, 0.25) is 0 Å². The normalized spacial score (nSPS) is 10.4. The quantitative estimate of drug-likeness (QED) is 0.779. The van der Waals surface area contributed by atoms with Crippen LogP contribution in [-0.2, 0) is 6.61 Å². The Morgan fingerprint density at radius 2 is 1.90 bits per heavy atom. The third-order valence-electron chi connectivity index (χ3n) is 3.21. The van der Waals surface area contributed by atoms with Crippen molar-refractivity contribution in [3.05, 3.63) is 64.5 Å². The average Bonchev–Trinajstić information content (AvgIpc) is 2.40. The Labute approximate surface area is 118 Å². The number of carbonyl (C=O) groups excluding carboxylic acids is 1. The molecule has 0 bridgehead atoms. The molecule has 0 saturated heterocycles. The van der Waals surface area contributed by atoms with Crippen molar-refractivity contribution in [2.24, 2.45) is 0 Å². The summed E-state index contributed by atoms with van der Waals surface area (Å²) in [6, 6.07) is 10.1. The zero-order valence-corrected chi connectivity index (χ0v) is 11.9. The molecule has 0 unspecified atom stereocenters. The molecule has 2 rings (SSSR count). The minimum atomic E-state index is -0.436. The predicted molar refractivity (Wildman–Crippen MR) is 76.7 cm³/mol. The number of aryl methyl sites for hydroxylation is 2. The second kappa shape index (κ2) is 5.87. The lowest BCUT2D eigenvalue weighted by molar-refractivity contribution is 0.101. The summed E-state index contributed by atoms with van der Waals surface area (Å²) >= 11 is 0. The summed E-state index contributed by atoms with van der Waals surface area (Å²) in [5.41, 5.74) is 3.61. The molecule has 2 nitrogen and oxygen atoms in total. The van der Waals surface area contributed by atoms with Gasteiger partial charge in [-0.15, -0.1) is 0 Å². The molecule has 0 aliphatic rings. The molecule has 2 aromatic rings. The fraction of sp³-hybridized carbons (Fsp3) is 0.235. The molecule has 0 atom stereocenters. The zero-order valence-electron chi connectivity index (χ0n) is 11.9. The summed E-state index contributed by atoms with van der Waals surface area (Å²) in [7, 11) is 0. The highest BCUT2D eigenvalue weighted by Gasteiger charge is 2.10. The first-order valence-corrected chi connectivity index (χ1v) is 6.47. The number of carbonyl (C=O) groups is 1. The summed E-state index contributed by atoms with van der Waals surface area (Å²) in [6.07, 6.45) is 0. The summed E-state index contributed by atoms with van der Waals surface area (Å²) in [5, 5.41) is 0. The van der Waals surface area contributed by atoms with Gasteiger partial charge in [-0.05, 0) is 50.1 Å². The van der Waals surface area contributed by atoms with Crippen LogP contribution in [0.15, 0.2) is 36.4 Å². The van der Waals surface area contributed by atoms with E-state index in [9.17, 15) is 9.18 Å². The molecular weight excluding hydrogens is 255 g/mol. The molecule has 0 heterocycles. The molecule has 0 radical (unpaired) electrons. The molecule has 0 aromatic heterocycles. The standard InChI is InChI=1S/C17H17FO2/c1-11-4-5-12(2)14(8-11)10-20-17-7-6-15(18)9-16(17)13(3)19/h4-9H,10H2,1-3H3. The Bertz CT molecular complexity index is 647. The summed E-state index contributed by atoms with van der Waals surface area (Å²) in [5.74, 6) is -0.227. The van der Waals surface area contributed by atoms with E-state index in [1.807, 2.05) is 32.0 Å². The van der Waals surface area contributed by atoms with Gasteiger partial charge in [-0.3, -0.25) is 4.79 Å². The molecule has 3 heteroatoms. The molecule has 20 heavy (non-hydrogen) atoms. The van der Waals surface area contributed by atoms with Crippen molar-refractivity contribution in [3.63, 3.8) is 0 Å². The van der Waals surface area contributed by atoms with Gasteiger partial charge >= 0.3 is 0 Å². The second-order valence-corrected chi connectivity index (χ2v) is 4.92. The number of benzene rings is 2. The summed E-state index contributed by atoms with van der Waals surface area (Å²) in [6.45, 7) is 5.79. The third kappa shape index (κ3) is 3.23. The molecule has 0 aliphatic heterocycles. The fourth-order valence-corrected chi connectivity index (χ4v) is 2.01. The van der Waals surface area contributed by atoms with Gasteiger partial charge in [-0.25, -0.2) is 4.39 Å². The predicted octanol–water partition coefficient (Wildman–Crippen LogP) is 4.22. The van der Waals surface area contributed by atoms with E-state index >= 15 is 0 Å². The van der Waals surface area contributed by atoms with Crippen LogP contribution in [-0.4, -0.2) is 5.78 Å². The largest absolute Gasteiger partial charge is 0.488 e. The third-order valence-corrected chi connectivity index (χ3v) is 3.21. The molecule has 0 saturated carbocycles. The van der Waals surface area contributed by atoms with Crippen LogP contribution in [0.3, 0.4) is 0 Å². The maximum absolute atomic E-state index is 13.2. The number of Topliss-reactive ketones (excluding diaryl/α,β-unsaturated/α-hetero) is 1. The van der Waals surface area contributed by atoms with E-state index in [-0.39, 0.29) is 11.3 Å². The van der Waals surface area contributed by atoms with E-state index in [0.29, 0.717) is 12.4 Å². The molecule has 104 valence electrons. The molecule has 0 spiro atoms. The Hall–Kier alpha value is -2.16. The minimum absolute atomic E-state index is 0.208. The number of ether oxygens (including phenoxy) is 1. The van der Waals surface area contributed by atoms with Crippen molar-refractivity contribution in [2.45, 2.75) is 27.4 Å². The van der Waals surface area contributed by atoms with Crippen molar-refractivity contribution < 1.29 is 13.9 Å². The van der Waals surface area contributed by atoms with Crippen LogP contribution in [0.1, 0.15) is 34.0 Å². The molecule has 0 N–H and O–H groups in total. The lowest BCUT2D eigenvalue weighted by Gasteiger charge is -2.12. The van der Waals surface area contributed by atoms with E-state index in [0.717, 1.165) is 16.7 Å². The first-order valence-electron chi connectivity index (χ1n) is 6.47. The Kier molecular flexibility index (Phi) is 4.18. The fourth-order valence-electron chi connectivity index (χ4n) is 2.01. The maximum atomic E-state index is 13.2. The maximum Gasteiger partial charge on any atom is 0.163 e. The highest BCUT2D eigenvalue weighted by molar-refractivity contribution is 5.96. The lowest BCUT2D eigenvalue weighted by Crippen LogP contribution is -2.03. The molecule has 2 aromatic carbocycles. The molecule has 0 fully saturated rings. The smallest absolute Gasteiger partial charge is 0.163 e. The van der Waals surface area contributed by atoms with Crippen LogP contribution in [0.25, 0.3) is 0 Å². The first kappa shape index (κ1) is 14.3. The lowest BCUT2D eigenvalue weighted by atomic mass is 10.1. The number of rotatable bonds is 4. The van der Waals surface area contributed by atoms with Crippen LogP contribution in [0, 0.1) is 19.7 Å². The van der Waals surface area contributed by atoms with E-state index < -0.39 is 5.82 Å². The van der Waals surface area contributed by atoms with Crippen molar-refractivity contribution in [1.82, 2.24) is 0 Å². The number of ketones is 1. The average molecular weight is 272 g/mol. The van der Waals surface area contributed by atoms with Crippen molar-refractivity contribution in [2.75, 3.05) is 0 Å². The van der Waals surface area contributed by atoms with Gasteiger partial charge in [0.15, 0.2) is 5.78 Å². The van der Waals surface area contributed by atoms with E-state index in [4.69, 9.17) is 4.74 Å². The molecule has 0 aliphatic carbocycles. The number of hydrogen-bond donors (Lipinski definition) is 0. The van der Waals surface area contributed by atoms with Crippen LogP contribution in [0.5, 0.6) is 5.75 Å². The first-order chi connectivity index (χ1) is 9.47. The molecule has 0 amide bonds. The van der Waals surface area contributed by atoms with Crippen LogP contribution in [0.4, 0.5) is 4.39 Å². The van der Waals surface area contributed by atoms with E-state index in [1.54, 1.807) is 0 Å². The van der Waals surface area contributed by atoms with Gasteiger partial charge in [0.05, 0.1) is 5.56 Å². The van der Waals surface area contributed by atoms with Gasteiger partial charge in [0.1, 0.15) is 18.2 Å². The Morgan fingerprint density at radius 3 is 2.60 bits per heavy atom. The van der Waals surface area contributed by atoms with Gasteiger partial charge < -0.3 is 4.74 Å². The zero-order chi connectivity index (χ0) is 14.7. The number of halogens is 1. The van der Waals surface area contributed by atoms with Gasteiger partial charge in [-0.2, -0.15) is 0 Å². The van der Waals surface area contributed by atoms with Crippen molar-refractivity contribution in [1.29, 1.82) is 0 Å². The van der Waals surface area contributed by atoms with E-state index in [2.05, 4.69) is 0 Å². The minimum Gasteiger partial charge on any atom is -0.488 e. The van der Waals surface area contributed by atoms with Crippen LogP contribution < -0.4 is 4.74 Å². The Balaban J connectivity index is 2.23. The van der Waals surface area contributed by atoms with Crippen LogP contribution in [0.2, 0.25) is 0 Å². The van der Waals surface area contributed by atoms with Crippen molar-refractivity contribution >= 4 is 5.78 Å². The number of hydrogen-bond acceptors (Lipinski definition) is 2. The van der Waals surface area contributed by atoms with Crippen LogP contribution >= 0.6 is 0 Å². The monoisotopic (exact) mass is 272 g/mol. The van der Waals surface area contributed by atoms with Gasteiger partial charge in [0.25, 0.3) is 0 Å². The van der Waals surface area contributed by atoms with Crippen molar-refractivity contribution in [3.8, 4) is 5.75 Å². The Morgan fingerprint density at radius 1 is 1.15 bits per heavy atom. The summed E-state index contributed by atoms with van der Waals surface area (Å²) < 4.78 is 18.9. The highest BCUT2D eigenvalue weighted by atomic mass is 19.1. The van der Waals surface area contributed by atoms with Gasteiger partial charge in [-0.1, -0.05) is 23.8 Å². The summed E-state index contributed by atoms with van der Waals surface area (Å²) in [4.78, 5) is 11.5. The molecular formula is C17H17FO2. The topological polar surface area (TPSA) is 26.3 Å². The van der Waals surface area contributed by atoms with Gasteiger partial charge in [0, 0.05) is 0 Å². The second-order valence-electron chi connectivity index (χ2n) is 4.92. The van der Waals surface area contributed by atoms with E-state index in [1.165, 1.54) is 25.1 Å².